The molecule has 0 saturated heterocycles. The van der Waals surface area contributed by atoms with Gasteiger partial charge >= 0.3 is 0 Å². The average Bonchev–Trinajstić information content (AvgIpc) is 2.46. The van der Waals surface area contributed by atoms with Crippen LogP contribution in [0.5, 0.6) is 0 Å². The number of halogens is 1. The Balaban J connectivity index is 1.88. The number of hydrogen-bond donors (Lipinski definition) is 1. The van der Waals surface area contributed by atoms with Crippen molar-refractivity contribution in [3.8, 4) is 0 Å². The Hall–Kier alpha value is -1.42. The third-order valence-electron chi connectivity index (χ3n) is 3.24. The van der Waals surface area contributed by atoms with Gasteiger partial charge in [-0.25, -0.2) is 0 Å². The minimum atomic E-state index is 0.784. The van der Waals surface area contributed by atoms with Gasteiger partial charge in [0.05, 0.1) is 5.69 Å². The van der Waals surface area contributed by atoms with Crippen LogP contribution < -0.4 is 5.32 Å². The van der Waals surface area contributed by atoms with Crippen LogP contribution in [-0.4, -0.2) is 23.5 Å². The van der Waals surface area contributed by atoms with E-state index in [1.807, 2.05) is 24.4 Å². The molecule has 1 aromatic heterocycles. The summed E-state index contributed by atoms with van der Waals surface area (Å²) in [6, 6.07) is 12.2. The van der Waals surface area contributed by atoms with Crippen molar-refractivity contribution in [1.82, 2.24) is 15.2 Å². The van der Waals surface area contributed by atoms with E-state index < -0.39 is 0 Å². The van der Waals surface area contributed by atoms with Crippen molar-refractivity contribution in [2.45, 2.75) is 26.6 Å². The van der Waals surface area contributed by atoms with Crippen LogP contribution >= 0.6 is 11.6 Å². The Morgan fingerprint density at radius 3 is 2.67 bits per heavy atom. The Morgan fingerprint density at radius 1 is 1.14 bits per heavy atom. The third-order valence-corrected chi connectivity index (χ3v) is 3.47. The van der Waals surface area contributed by atoms with E-state index in [9.17, 15) is 0 Å². The van der Waals surface area contributed by atoms with Crippen molar-refractivity contribution in [2.24, 2.45) is 0 Å². The average molecular weight is 304 g/mol. The van der Waals surface area contributed by atoms with Crippen LogP contribution in [0.3, 0.4) is 0 Å². The monoisotopic (exact) mass is 303 g/mol. The highest BCUT2D eigenvalue weighted by atomic mass is 35.5. The summed E-state index contributed by atoms with van der Waals surface area (Å²) in [4.78, 5) is 6.76. The largest absolute Gasteiger partial charge is 0.313 e. The summed E-state index contributed by atoms with van der Waals surface area (Å²) >= 11 is 6.01. The van der Waals surface area contributed by atoms with Gasteiger partial charge in [-0.3, -0.25) is 9.88 Å². The standard InChI is InChI=1S/C17H22ClN3/c1-3-19-10-15-7-8-17(20-11-15)13-21(2)12-14-5-4-6-16(18)9-14/h4-9,11,19H,3,10,12-13H2,1-2H3. The number of hydrogen-bond acceptors (Lipinski definition) is 3. The second-order valence-corrected chi connectivity index (χ2v) is 5.68. The molecule has 1 heterocycles. The number of aromatic nitrogens is 1. The van der Waals surface area contributed by atoms with Crippen molar-refractivity contribution in [3.63, 3.8) is 0 Å². The van der Waals surface area contributed by atoms with E-state index in [0.717, 1.165) is 36.9 Å². The van der Waals surface area contributed by atoms with Crippen LogP contribution in [0, 0.1) is 0 Å². The third kappa shape index (κ3) is 5.46. The van der Waals surface area contributed by atoms with Gasteiger partial charge in [-0.05, 0) is 42.9 Å². The fraction of sp³-hybridized carbons (Fsp3) is 0.353. The fourth-order valence-electron chi connectivity index (χ4n) is 2.20. The lowest BCUT2D eigenvalue weighted by Crippen LogP contribution is -2.18. The van der Waals surface area contributed by atoms with Gasteiger partial charge in [-0.2, -0.15) is 0 Å². The number of pyridine rings is 1. The quantitative estimate of drug-likeness (QED) is 0.849. The Labute approximate surface area is 132 Å². The number of nitrogens with one attached hydrogen (secondary N) is 1. The first-order chi connectivity index (χ1) is 10.2. The normalized spacial score (nSPS) is 11.0. The molecule has 0 spiro atoms. The van der Waals surface area contributed by atoms with Crippen molar-refractivity contribution >= 4 is 11.6 Å². The molecule has 1 aromatic carbocycles. The van der Waals surface area contributed by atoms with E-state index in [1.165, 1.54) is 11.1 Å². The molecule has 1 N–H and O–H groups in total. The zero-order valence-electron chi connectivity index (χ0n) is 12.6. The van der Waals surface area contributed by atoms with Crippen LogP contribution in [0.4, 0.5) is 0 Å². The molecule has 0 amide bonds. The lowest BCUT2D eigenvalue weighted by atomic mass is 10.2. The molecule has 3 nitrogen and oxygen atoms in total. The van der Waals surface area contributed by atoms with Gasteiger partial charge in [0, 0.05) is 30.9 Å². The van der Waals surface area contributed by atoms with Gasteiger partial charge in [0.25, 0.3) is 0 Å². The van der Waals surface area contributed by atoms with Gasteiger partial charge < -0.3 is 5.32 Å². The molecule has 0 saturated carbocycles. The molecule has 0 bridgehead atoms. The van der Waals surface area contributed by atoms with Gasteiger partial charge in [0.2, 0.25) is 0 Å². The number of nitrogens with zero attached hydrogens (tertiary/aromatic N) is 2. The summed E-state index contributed by atoms with van der Waals surface area (Å²) in [6.45, 7) is 5.65. The summed E-state index contributed by atoms with van der Waals surface area (Å²) in [7, 11) is 2.09. The maximum atomic E-state index is 6.01. The summed E-state index contributed by atoms with van der Waals surface area (Å²) in [5.74, 6) is 0. The first-order valence-electron chi connectivity index (χ1n) is 7.25. The zero-order valence-corrected chi connectivity index (χ0v) is 13.4. The molecule has 0 fully saturated rings. The molecule has 2 aromatic rings. The highest BCUT2D eigenvalue weighted by Gasteiger charge is 2.04. The van der Waals surface area contributed by atoms with Crippen LogP contribution in [0.2, 0.25) is 5.02 Å². The minimum Gasteiger partial charge on any atom is -0.313 e. The van der Waals surface area contributed by atoms with Crippen LogP contribution in [0.1, 0.15) is 23.7 Å². The molecule has 21 heavy (non-hydrogen) atoms. The maximum Gasteiger partial charge on any atom is 0.0544 e. The Bertz CT molecular complexity index is 554. The highest BCUT2D eigenvalue weighted by Crippen LogP contribution is 2.13. The highest BCUT2D eigenvalue weighted by molar-refractivity contribution is 6.30. The molecular weight excluding hydrogens is 282 g/mol. The topological polar surface area (TPSA) is 28.2 Å². The molecule has 0 aliphatic carbocycles. The van der Waals surface area contributed by atoms with E-state index in [0.29, 0.717) is 0 Å². The van der Waals surface area contributed by atoms with Crippen LogP contribution in [-0.2, 0) is 19.6 Å². The zero-order chi connectivity index (χ0) is 15.1. The van der Waals surface area contributed by atoms with Crippen molar-refractivity contribution in [1.29, 1.82) is 0 Å². The second-order valence-electron chi connectivity index (χ2n) is 5.24. The molecule has 112 valence electrons. The van der Waals surface area contributed by atoms with Gasteiger partial charge in [-0.1, -0.05) is 36.7 Å². The molecule has 0 atom stereocenters. The first kappa shape index (κ1) is 16.0. The first-order valence-corrected chi connectivity index (χ1v) is 7.62. The Morgan fingerprint density at radius 2 is 2.00 bits per heavy atom. The van der Waals surface area contributed by atoms with Crippen LogP contribution in [0.15, 0.2) is 42.6 Å². The van der Waals surface area contributed by atoms with Gasteiger partial charge in [0.1, 0.15) is 0 Å². The SMILES string of the molecule is CCNCc1ccc(CN(C)Cc2cccc(Cl)c2)nc1. The minimum absolute atomic E-state index is 0.784. The summed E-state index contributed by atoms with van der Waals surface area (Å²) in [5, 5.41) is 4.08. The van der Waals surface area contributed by atoms with Crippen molar-refractivity contribution in [2.75, 3.05) is 13.6 Å². The van der Waals surface area contributed by atoms with Crippen molar-refractivity contribution < 1.29 is 0 Å². The molecule has 0 aliphatic heterocycles. The Kier molecular flexibility index (Phi) is 6.18. The van der Waals surface area contributed by atoms with E-state index in [2.05, 4.69) is 47.4 Å². The molecule has 0 unspecified atom stereocenters. The number of rotatable bonds is 7. The van der Waals surface area contributed by atoms with Crippen molar-refractivity contribution in [3.05, 3.63) is 64.4 Å². The smallest absolute Gasteiger partial charge is 0.0544 e. The van der Waals surface area contributed by atoms with E-state index >= 15 is 0 Å². The second kappa shape index (κ2) is 8.13. The molecule has 2 rings (SSSR count). The molecular formula is C17H22ClN3. The lowest BCUT2D eigenvalue weighted by Gasteiger charge is -2.16. The van der Waals surface area contributed by atoms with Gasteiger partial charge in [0.15, 0.2) is 0 Å². The number of benzene rings is 1. The van der Waals surface area contributed by atoms with Gasteiger partial charge in [-0.15, -0.1) is 0 Å². The predicted octanol–water partition coefficient (Wildman–Crippen LogP) is 3.48. The summed E-state index contributed by atoms with van der Waals surface area (Å²) in [5.41, 5.74) is 3.52. The van der Waals surface area contributed by atoms with E-state index in [-0.39, 0.29) is 0 Å². The summed E-state index contributed by atoms with van der Waals surface area (Å²) in [6.07, 6.45) is 1.95. The molecule has 0 aliphatic rings. The molecule has 0 radical (unpaired) electrons. The predicted molar refractivity (Wildman–Crippen MR) is 88.2 cm³/mol. The van der Waals surface area contributed by atoms with Crippen LogP contribution in [0.25, 0.3) is 0 Å². The van der Waals surface area contributed by atoms with E-state index in [1.54, 1.807) is 0 Å². The fourth-order valence-corrected chi connectivity index (χ4v) is 2.41. The maximum absolute atomic E-state index is 6.01. The lowest BCUT2D eigenvalue weighted by molar-refractivity contribution is 0.315. The summed E-state index contributed by atoms with van der Waals surface area (Å²) < 4.78 is 0. The van der Waals surface area contributed by atoms with E-state index in [4.69, 9.17) is 11.6 Å². The molecule has 4 heteroatoms.